The van der Waals surface area contributed by atoms with Crippen LogP contribution in [0.25, 0.3) is 0 Å². The van der Waals surface area contributed by atoms with Crippen molar-refractivity contribution >= 4 is 5.69 Å². The van der Waals surface area contributed by atoms with E-state index in [-0.39, 0.29) is 0 Å². The molecule has 1 fully saturated rings. The van der Waals surface area contributed by atoms with Crippen LogP contribution in [0.15, 0.2) is 18.2 Å². The van der Waals surface area contributed by atoms with Gasteiger partial charge in [-0.2, -0.15) is 0 Å². The van der Waals surface area contributed by atoms with Crippen LogP contribution in [0, 0.1) is 25.7 Å². The third-order valence-electron chi connectivity index (χ3n) is 4.83. The topological polar surface area (TPSA) is 12.0 Å². The van der Waals surface area contributed by atoms with E-state index in [0.29, 0.717) is 6.04 Å². The highest BCUT2D eigenvalue weighted by Crippen LogP contribution is 2.30. The Balaban J connectivity index is 1.94. The van der Waals surface area contributed by atoms with E-state index in [4.69, 9.17) is 0 Å². The van der Waals surface area contributed by atoms with Gasteiger partial charge < -0.3 is 5.32 Å². The molecule has 1 aromatic carbocycles. The molecule has 1 saturated carbocycles. The summed E-state index contributed by atoms with van der Waals surface area (Å²) in [6.07, 6.45) is 6.85. The molecule has 0 aliphatic heterocycles. The second kappa shape index (κ2) is 6.45. The second-order valence-corrected chi connectivity index (χ2v) is 6.65. The maximum atomic E-state index is 3.75. The van der Waals surface area contributed by atoms with Gasteiger partial charge >= 0.3 is 0 Å². The lowest BCUT2D eigenvalue weighted by Crippen LogP contribution is -2.18. The van der Waals surface area contributed by atoms with E-state index in [9.17, 15) is 0 Å². The Morgan fingerprint density at radius 2 is 1.79 bits per heavy atom. The fraction of sp³-hybridized carbons (Fsp3) is 0.667. The van der Waals surface area contributed by atoms with Gasteiger partial charge in [0.05, 0.1) is 0 Å². The smallest absolute Gasteiger partial charge is 0.0345 e. The lowest BCUT2D eigenvalue weighted by atomic mass is 9.89. The predicted octanol–water partition coefficient (Wildman–Crippen LogP) is 5.32. The molecule has 0 spiro atoms. The molecule has 0 amide bonds. The average molecular weight is 259 g/mol. The summed E-state index contributed by atoms with van der Waals surface area (Å²) < 4.78 is 0. The molecule has 1 nitrogen and oxygen atoms in total. The van der Waals surface area contributed by atoms with E-state index in [2.05, 4.69) is 51.2 Å². The van der Waals surface area contributed by atoms with Gasteiger partial charge in [0, 0.05) is 11.7 Å². The highest BCUT2D eigenvalue weighted by Gasteiger charge is 2.20. The molecule has 0 saturated heterocycles. The summed E-state index contributed by atoms with van der Waals surface area (Å²) in [5.41, 5.74) is 4.07. The zero-order valence-corrected chi connectivity index (χ0v) is 13.0. The van der Waals surface area contributed by atoms with Crippen LogP contribution < -0.4 is 5.32 Å². The van der Waals surface area contributed by atoms with Crippen molar-refractivity contribution in [2.24, 2.45) is 11.8 Å². The van der Waals surface area contributed by atoms with Crippen LogP contribution in [0.2, 0.25) is 0 Å². The minimum Gasteiger partial charge on any atom is -0.382 e. The first-order valence-electron chi connectivity index (χ1n) is 7.90. The van der Waals surface area contributed by atoms with E-state index in [1.807, 2.05) is 0 Å². The normalized spacial score (nSPS) is 24.3. The zero-order valence-electron chi connectivity index (χ0n) is 13.0. The summed E-state index contributed by atoms with van der Waals surface area (Å²) in [5.74, 6) is 1.78. The van der Waals surface area contributed by atoms with Crippen LogP contribution in [0.3, 0.4) is 0 Å². The van der Waals surface area contributed by atoms with Crippen molar-refractivity contribution in [2.75, 3.05) is 5.32 Å². The van der Waals surface area contributed by atoms with Gasteiger partial charge in [-0.3, -0.25) is 0 Å². The summed E-state index contributed by atoms with van der Waals surface area (Å²) in [7, 11) is 0. The van der Waals surface area contributed by atoms with Gasteiger partial charge in [-0.05, 0) is 68.2 Å². The molecule has 1 N–H and O–H groups in total. The number of nitrogens with one attached hydrogen (secondary N) is 1. The van der Waals surface area contributed by atoms with Crippen molar-refractivity contribution in [2.45, 2.75) is 65.8 Å². The Hall–Kier alpha value is -0.980. The molecular weight excluding hydrogens is 230 g/mol. The first-order chi connectivity index (χ1) is 9.06. The van der Waals surface area contributed by atoms with Crippen LogP contribution in [-0.4, -0.2) is 6.04 Å². The molecule has 0 aromatic heterocycles. The van der Waals surface area contributed by atoms with Crippen LogP contribution in [0.1, 0.15) is 57.1 Å². The molecule has 1 aromatic rings. The number of hydrogen-bond acceptors (Lipinski definition) is 1. The molecule has 2 unspecified atom stereocenters. The van der Waals surface area contributed by atoms with E-state index in [1.165, 1.54) is 48.9 Å². The fourth-order valence-electron chi connectivity index (χ4n) is 3.21. The molecule has 2 atom stereocenters. The van der Waals surface area contributed by atoms with Crippen LogP contribution >= 0.6 is 0 Å². The third-order valence-corrected chi connectivity index (χ3v) is 4.83. The van der Waals surface area contributed by atoms with Gasteiger partial charge in [-0.1, -0.05) is 32.8 Å². The predicted molar refractivity (Wildman–Crippen MR) is 84.7 cm³/mol. The Kier molecular flexibility index (Phi) is 4.90. The number of aryl methyl sites for hydroxylation is 2. The standard InChI is InChI=1S/C18H29N/c1-13(2)16-6-5-7-17(11-9-16)19-18-10-8-14(3)15(4)12-18/h8,10,12-13,16-17,19H,5-7,9,11H2,1-4H3. The maximum absolute atomic E-state index is 3.75. The minimum atomic E-state index is 0.672. The van der Waals surface area contributed by atoms with Gasteiger partial charge in [0.25, 0.3) is 0 Å². The SMILES string of the molecule is Cc1ccc(NC2CCCC(C(C)C)CC2)cc1C. The van der Waals surface area contributed by atoms with Crippen LogP contribution in [-0.2, 0) is 0 Å². The lowest BCUT2D eigenvalue weighted by Gasteiger charge is -2.20. The van der Waals surface area contributed by atoms with Gasteiger partial charge in [0.1, 0.15) is 0 Å². The van der Waals surface area contributed by atoms with Crippen molar-refractivity contribution in [3.63, 3.8) is 0 Å². The molecule has 19 heavy (non-hydrogen) atoms. The molecule has 106 valence electrons. The summed E-state index contributed by atoms with van der Waals surface area (Å²) in [6, 6.07) is 7.42. The average Bonchev–Trinajstić information content (AvgIpc) is 2.59. The van der Waals surface area contributed by atoms with Gasteiger partial charge in [-0.25, -0.2) is 0 Å². The lowest BCUT2D eigenvalue weighted by molar-refractivity contribution is 0.341. The minimum absolute atomic E-state index is 0.672. The maximum Gasteiger partial charge on any atom is 0.0345 e. The highest BCUT2D eigenvalue weighted by molar-refractivity contribution is 5.48. The molecule has 2 rings (SSSR count). The largest absolute Gasteiger partial charge is 0.382 e. The van der Waals surface area contributed by atoms with Crippen LogP contribution in [0.5, 0.6) is 0 Å². The van der Waals surface area contributed by atoms with Gasteiger partial charge in [-0.15, -0.1) is 0 Å². The van der Waals surface area contributed by atoms with Crippen molar-refractivity contribution < 1.29 is 0 Å². The van der Waals surface area contributed by atoms with E-state index >= 15 is 0 Å². The van der Waals surface area contributed by atoms with Gasteiger partial charge in [0.15, 0.2) is 0 Å². The Morgan fingerprint density at radius 3 is 2.47 bits per heavy atom. The van der Waals surface area contributed by atoms with Crippen molar-refractivity contribution in [3.05, 3.63) is 29.3 Å². The molecule has 1 aliphatic carbocycles. The van der Waals surface area contributed by atoms with E-state index in [1.54, 1.807) is 0 Å². The van der Waals surface area contributed by atoms with E-state index in [0.717, 1.165) is 11.8 Å². The highest BCUT2D eigenvalue weighted by atomic mass is 14.9. The number of anilines is 1. The quantitative estimate of drug-likeness (QED) is 0.724. The third kappa shape index (κ3) is 3.99. The van der Waals surface area contributed by atoms with Crippen molar-refractivity contribution in [1.29, 1.82) is 0 Å². The van der Waals surface area contributed by atoms with Crippen LogP contribution in [0.4, 0.5) is 5.69 Å². The summed E-state index contributed by atoms with van der Waals surface area (Å²) >= 11 is 0. The Morgan fingerprint density at radius 1 is 1.00 bits per heavy atom. The number of benzene rings is 1. The number of rotatable bonds is 3. The molecule has 0 bridgehead atoms. The zero-order chi connectivity index (χ0) is 13.8. The molecule has 1 heteroatoms. The Labute approximate surface area is 118 Å². The summed E-state index contributed by atoms with van der Waals surface area (Å²) in [5, 5.41) is 3.75. The van der Waals surface area contributed by atoms with Crippen molar-refractivity contribution in [1.82, 2.24) is 0 Å². The molecule has 0 radical (unpaired) electrons. The Bertz CT molecular complexity index is 408. The van der Waals surface area contributed by atoms with Crippen molar-refractivity contribution in [3.8, 4) is 0 Å². The molecule has 0 heterocycles. The number of hydrogen-bond donors (Lipinski definition) is 1. The monoisotopic (exact) mass is 259 g/mol. The summed E-state index contributed by atoms with van der Waals surface area (Å²) in [6.45, 7) is 9.13. The fourth-order valence-corrected chi connectivity index (χ4v) is 3.21. The first-order valence-corrected chi connectivity index (χ1v) is 7.90. The molecule has 1 aliphatic rings. The van der Waals surface area contributed by atoms with Gasteiger partial charge in [0.2, 0.25) is 0 Å². The second-order valence-electron chi connectivity index (χ2n) is 6.65. The van der Waals surface area contributed by atoms with E-state index < -0.39 is 0 Å². The summed E-state index contributed by atoms with van der Waals surface area (Å²) in [4.78, 5) is 0. The first kappa shape index (κ1) is 14.4. The molecular formula is C18H29N.